The van der Waals surface area contributed by atoms with E-state index in [1.54, 1.807) is 6.20 Å². The average molecular weight is 366 g/mol. The summed E-state index contributed by atoms with van der Waals surface area (Å²) in [6.07, 6.45) is 4.45. The number of piperidine rings is 1. The summed E-state index contributed by atoms with van der Waals surface area (Å²) in [6, 6.07) is 14.4. The van der Waals surface area contributed by atoms with Crippen LogP contribution in [0.3, 0.4) is 0 Å². The van der Waals surface area contributed by atoms with Gasteiger partial charge in [0.25, 0.3) is 0 Å². The molecule has 3 aromatic rings. The molecule has 1 aliphatic heterocycles. The Balaban J connectivity index is 1.27. The first kappa shape index (κ1) is 17.1. The molecular weight excluding hydrogens is 344 g/mol. The Morgan fingerprint density at radius 3 is 2.77 bits per heavy atom. The number of likely N-dealkylation sites (tertiary alicyclic amines) is 1. The minimum absolute atomic E-state index is 0.0842. The maximum atomic E-state index is 12.4. The van der Waals surface area contributed by atoms with Gasteiger partial charge in [-0.25, -0.2) is 4.98 Å². The van der Waals surface area contributed by atoms with Crippen LogP contribution in [0.5, 0.6) is 0 Å². The molecule has 1 amide bonds. The molecule has 3 heterocycles. The number of nitrogens with one attached hydrogen (secondary N) is 1. The Hall–Kier alpha value is -2.31. The number of aromatic nitrogens is 2. The molecule has 0 bridgehead atoms. The molecular formula is C20H22N4OS. The Labute approximate surface area is 157 Å². The van der Waals surface area contributed by atoms with Crippen molar-refractivity contribution < 1.29 is 4.79 Å². The molecule has 4 rings (SSSR count). The minimum Gasteiger partial charge on any atom is -0.316 e. The second kappa shape index (κ2) is 7.93. The summed E-state index contributed by atoms with van der Waals surface area (Å²) in [6.45, 7) is 3.11. The second-order valence-corrected chi connectivity index (χ2v) is 7.62. The number of carbonyl (C=O) groups is 1. The number of pyridine rings is 1. The normalized spacial score (nSPS) is 16.0. The van der Waals surface area contributed by atoms with E-state index >= 15 is 0 Å². The maximum Gasteiger partial charge on any atom is 0.225 e. The van der Waals surface area contributed by atoms with Crippen molar-refractivity contribution in [2.24, 2.45) is 5.92 Å². The van der Waals surface area contributed by atoms with E-state index in [2.05, 4.69) is 49.9 Å². The third kappa shape index (κ3) is 4.08. The summed E-state index contributed by atoms with van der Waals surface area (Å²) in [5, 5.41) is 4.75. The van der Waals surface area contributed by atoms with Crippen molar-refractivity contribution in [1.29, 1.82) is 0 Å². The molecule has 0 spiro atoms. The number of nitrogens with zero attached hydrogens (tertiary/aromatic N) is 3. The van der Waals surface area contributed by atoms with Gasteiger partial charge in [-0.1, -0.05) is 30.3 Å². The number of carbonyl (C=O) groups excluding carboxylic acids is 1. The van der Waals surface area contributed by atoms with Crippen LogP contribution >= 0.6 is 11.5 Å². The van der Waals surface area contributed by atoms with Crippen LogP contribution in [0.1, 0.15) is 24.8 Å². The van der Waals surface area contributed by atoms with E-state index in [1.165, 1.54) is 17.1 Å². The number of rotatable bonds is 5. The molecule has 0 saturated carbocycles. The van der Waals surface area contributed by atoms with Crippen LogP contribution in [0.4, 0.5) is 5.00 Å². The van der Waals surface area contributed by atoms with E-state index in [-0.39, 0.29) is 5.91 Å². The van der Waals surface area contributed by atoms with Crippen molar-refractivity contribution in [3.63, 3.8) is 0 Å². The standard InChI is InChI=1S/C20H22N4OS/c25-18(22-20-17-7-4-10-21-19(17)23-26-20)13-15-8-11-24(12-9-15)14-16-5-2-1-3-6-16/h1-7,10,15H,8-9,11-14H2,(H,22,25). The smallest absolute Gasteiger partial charge is 0.225 e. The summed E-state index contributed by atoms with van der Waals surface area (Å²) >= 11 is 1.30. The second-order valence-electron chi connectivity index (χ2n) is 6.84. The molecule has 0 unspecified atom stereocenters. The Morgan fingerprint density at radius 2 is 1.96 bits per heavy atom. The van der Waals surface area contributed by atoms with Gasteiger partial charge in [-0.15, -0.1) is 0 Å². The number of benzene rings is 1. The Morgan fingerprint density at radius 1 is 1.15 bits per heavy atom. The molecule has 5 nitrogen and oxygen atoms in total. The van der Waals surface area contributed by atoms with E-state index in [0.717, 1.165) is 42.9 Å². The lowest BCUT2D eigenvalue weighted by molar-refractivity contribution is -0.117. The average Bonchev–Trinajstić information content (AvgIpc) is 3.07. The minimum atomic E-state index is 0.0842. The van der Waals surface area contributed by atoms with Gasteiger partial charge in [-0.05, 0) is 61.1 Å². The van der Waals surface area contributed by atoms with Gasteiger partial charge < -0.3 is 5.32 Å². The van der Waals surface area contributed by atoms with Gasteiger partial charge in [0.15, 0.2) is 5.65 Å². The highest BCUT2D eigenvalue weighted by molar-refractivity contribution is 7.12. The molecule has 26 heavy (non-hydrogen) atoms. The van der Waals surface area contributed by atoms with Crippen molar-refractivity contribution in [3.05, 3.63) is 54.2 Å². The Kier molecular flexibility index (Phi) is 5.22. The molecule has 6 heteroatoms. The van der Waals surface area contributed by atoms with E-state index < -0.39 is 0 Å². The monoisotopic (exact) mass is 366 g/mol. The van der Waals surface area contributed by atoms with Crippen molar-refractivity contribution in [1.82, 2.24) is 14.3 Å². The van der Waals surface area contributed by atoms with Crippen molar-refractivity contribution >= 4 is 33.5 Å². The molecule has 134 valence electrons. The highest BCUT2D eigenvalue weighted by Gasteiger charge is 2.22. The molecule has 0 radical (unpaired) electrons. The van der Waals surface area contributed by atoms with Crippen molar-refractivity contribution in [3.8, 4) is 0 Å². The topological polar surface area (TPSA) is 58.1 Å². The van der Waals surface area contributed by atoms with Gasteiger partial charge in [0.2, 0.25) is 5.91 Å². The van der Waals surface area contributed by atoms with Crippen molar-refractivity contribution in [2.75, 3.05) is 18.4 Å². The van der Waals surface area contributed by atoms with E-state index in [0.29, 0.717) is 18.0 Å². The highest BCUT2D eigenvalue weighted by atomic mass is 32.1. The van der Waals surface area contributed by atoms with Gasteiger partial charge in [0.1, 0.15) is 5.00 Å². The molecule has 1 aromatic carbocycles. The zero-order valence-corrected chi connectivity index (χ0v) is 15.4. The number of hydrogen-bond donors (Lipinski definition) is 1. The predicted octanol–water partition coefficient (Wildman–Crippen LogP) is 3.93. The van der Waals surface area contributed by atoms with Crippen LogP contribution in [0.25, 0.3) is 11.0 Å². The van der Waals surface area contributed by atoms with Crippen LogP contribution in [0, 0.1) is 5.92 Å². The molecule has 0 atom stereocenters. The summed E-state index contributed by atoms with van der Waals surface area (Å²) in [5.41, 5.74) is 2.05. The highest BCUT2D eigenvalue weighted by Crippen LogP contribution is 2.27. The molecule has 1 aliphatic rings. The Bertz CT molecular complexity index is 872. The molecule has 1 saturated heterocycles. The molecule has 1 N–H and O–H groups in total. The maximum absolute atomic E-state index is 12.4. The van der Waals surface area contributed by atoms with E-state index in [4.69, 9.17) is 0 Å². The van der Waals surface area contributed by atoms with E-state index in [9.17, 15) is 4.79 Å². The largest absolute Gasteiger partial charge is 0.316 e. The first-order valence-electron chi connectivity index (χ1n) is 9.04. The molecule has 1 fully saturated rings. The predicted molar refractivity (Wildman–Crippen MR) is 105 cm³/mol. The van der Waals surface area contributed by atoms with Gasteiger partial charge >= 0.3 is 0 Å². The zero-order valence-electron chi connectivity index (χ0n) is 14.6. The number of anilines is 1. The quantitative estimate of drug-likeness (QED) is 0.743. The van der Waals surface area contributed by atoms with Gasteiger partial charge in [-0.2, -0.15) is 4.37 Å². The zero-order chi connectivity index (χ0) is 17.8. The van der Waals surface area contributed by atoms with Crippen LogP contribution in [-0.4, -0.2) is 33.3 Å². The molecule has 0 aliphatic carbocycles. The van der Waals surface area contributed by atoms with Gasteiger partial charge in [0, 0.05) is 19.2 Å². The van der Waals surface area contributed by atoms with Crippen molar-refractivity contribution in [2.45, 2.75) is 25.8 Å². The lowest BCUT2D eigenvalue weighted by atomic mass is 9.93. The first-order chi connectivity index (χ1) is 12.8. The third-order valence-corrected chi connectivity index (χ3v) is 5.71. The summed E-state index contributed by atoms with van der Waals surface area (Å²) in [5.74, 6) is 0.542. The van der Waals surface area contributed by atoms with Gasteiger partial charge in [0.05, 0.1) is 5.39 Å². The third-order valence-electron chi connectivity index (χ3n) is 4.94. The number of amides is 1. The number of fused-ring (bicyclic) bond motifs is 1. The summed E-state index contributed by atoms with van der Waals surface area (Å²) < 4.78 is 4.28. The summed E-state index contributed by atoms with van der Waals surface area (Å²) in [7, 11) is 0. The fourth-order valence-electron chi connectivity index (χ4n) is 3.51. The van der Waals surface area contributed by atoms with Crippen LogP contribution in [-0.2, 0) is 11.3 Å². The van der Waals surface area contributed by atoms with Gasteiger partial charge in [-0.3, -0.25) is 9.69 Å². The van der Waals surface area contributed by atoms with Crippen LogP contribution in [0.2, 0.25) is 0 Å². The fourth-order valence-corrected chi connectivity index (χ4v) is 4.25. The molecule has 2 aromatic heterocycles. The first-order valence-corrected chi connectivity index (χ1v) is 9.82. The SMILES string of the molecule is O=C(CC1CCN(Cc2ccccc2)CC1)Nc1snc2ncccc12. The van der Waals surface area contributed by atoms with E-state index in [1.807, 2.05) is 12.1 Å². The lowest BCUT2D eigenvalue weighted by Gasteiger charge is -2.31. The number of hydrogen-bond acceptors (Lipinski definition) is 5. The fraction of sp³-hybridized carbons (Fsp3) is 0.350. The van der Waals surface area contributed by atoms with Crippen LogP contribution < -0.4 is 5.32 Å². The van der Waals surface area contributed by atoms with Crippen LogP contribution in [0.15, 0.2) is 48.7 Å². The summed E-state index contributed by atoms with van der Waals surface area (Å²) in [4.78, 5) is 19.1. The lowest BCUT2D eigenvalue weighted by Crippen LogP contribution is -2.34.